The van der Waals surface area contributed by atoms with Crippen molar-refractivity contribution in [1.82, 2.24) is 4.98 Å². The van der Waals surface area contributed by atoms with E-state index in [2.05, 4.69) is 4.98 Å². The zero-order valence-corrected chi connectivity index (χ0v) is 7.10. The second-order valence-corrected chi connectivity index (χ2v) is 2.80. The molecular weight excluding hydrogens is 156 g/mol. The van der Waals surface area contributed by atoms with Crippen LogP contribution in [0.1, 0.15) is 31.6 Å². The Hall–Kier alpha value is -0.870. The third-order valence-corrected chi connectivity index (χ3v) is 1.77. The quantitative estimate of drug-likeness (QED) is 0.702. The first-order chi connectivity index (χ1) is 5.75. The molecule has 0 aliphatic rings. The molecule has 2 unspecified atom stereocenters. The van der Waals surface area contributed by atoms with Crippen molar-refractivity contribution >= 4 is 0 Å². The summed E-state index contributed by atoms with van der Waals surface area (Å²) in [6, 6.07) is -0.261. The van der Waals surface area contributed by atoms with Gasteiger partial charge in [0.05, 0.1) is 6.20 Å². The Kier molecular flexibility index (Phi) is 3.25. The molecule has 0 aliphatic heterocycles. The number of hydrogen-bond acceptors (Lipinski definition) is 4. The molecular formula is C8H14N2O2. The lowest BCUT2D eigenvalue weighted by Crippen LogP contribution is -2.27. The minimum Gasteiger partial charge on any atom is -0.446 e. The Labute approximate surface area is 71.4 Å². The summed E-state index contributed by atoms with van der Waals surface area (Å²) in [6.45, 7) is 2.02. The van der Waals surface area contributed by atoms with E-state index in [1.54, 1.807) is 0 Å². The van der Waals surface area contributed by atoms with E-state index in [0.717, 1.165) is 12.8 Å². The highest BCUT2D eigenvalue weighted by Crippen LogP contribution is 2.17. The second-order valence-electron chi connectivity index (χ2n) is 2.80. The van der Waals surface area contributed by atoms with Gasteiger partial charge in [0.25, 0.3) is 0 Å². The van der Waals surface area contributed by atoms with Gasteiger partial charge < -0.3 is 15.3 Å². The zero-order chi connectivity index (χ0) is 8.97. The molecule has 4 nitrogen and oxygen atoms in total. The highest BCUT2D eigenvalue weighted by Gasteiger charge is 2.18. The van der Waals surface area contributed by atoms with Crippen LogP contribution in [-0.4, -0.2) is 16.1 Å². The summed E-state index contributed by atoms with van der Waals surface area (Å²) >= 11 is 0. The Morgan fingerprint density at radius 2 is 2.50 bits per heavy atom. The van der Waals surface area contributed by atoms with Gasteiger partial charge in [-0.05, 0) is 6.42 Å². The van der Waals surface area contributed by atoms with Gasteiger partial charge >= 0.3 is 0 Å². The molecule has 3 N–H and O–H groups in total. The fourth-order valence-corrected chi connectivity index (χ4v) is 1.07. The Morgan fingerprint density at radius 1 is 1.75 bits per heavy atom. The maximum atomic E-state index is 9.55. The molecule has 0 saturated carbocycles. The number of aromatic nitrogens is 1. The van der Waals surface area contributed by atoms with E-state index in [4.69, 9.17) is 10.2 Å². The summed E-state index contributed by atoms with van der Waals surface area (Å²) in [5.41, 5.74) is 5.68. The van der Waals surface area contributed by atoms with E-state index >= 15 is 0 Å². The first-order valence-electron chi connectivity index (χ1n) is 4.07. The minimum atomic E-state index is -0.729. The van der Waals surface area contributed by atoms with Crippen LogP contribution in [0.15, 0.2) is 17.0 Å². The van der Waals surface area contributed by atoms with Crippen molar-refractivity contribution in [2.24, 2.45) is 5.73 Å². The number of nitrogens with two attached hydrogens (primary N) is 1. The lowest BCUT2D eigenvalue weighted by atomic mass is 10.1. The smallest absolute Gasteiger partial charge is 0.180 e. The number of rotatable bonds is 4. The summed E-state index contributed by atoms with van der Waals surface area (Å²) in [5, 5.41) is 9.55. The van der Waals surface area contributed by atoms with Gasteiger partial charge in [0.15, 0.2) is 12.2 Å². The first kappa shape index (κ1) is 9.22. The van der Waals surface area contributed by atoms with Crippen LogP contribution < -0.4 is 5.73 Å². The Morgan fingerprint density at radius 3 is 3.00 bits per heavy atom. The SMILES string of the molecule is CCCC(N)C(O)c1cnco1. The third-order valence-electron chi connectivity index (χ3n) is 1.77. The standard InChI is InChI=1S/C8H14N2O2/c1-2-3-6(9)8(11)7-4-10-5-12-7/h4-6,8,11H,2-3,9H2,1H3. The molecule has 0 fully saturated rings. The molecule has 68 valence electrons. The van der Waals surface area contributed by atoms with Crippen molar-refractivity contribution in [1.29, 1.82) is 0 Å². The van der Waals surface area contributed by atoms with Gasteiger partial charge in [-0.15, -0.1) is 0 Å². The molecule has 0 amide bonds. The van der Waals surface area contributed by atoms with Crippen molar-refractivity contribution in [2.45, 2.75) is 31.9 Å². The average molecular weight is 170 g/mol. The molecule has 4 heteroatoms. The molecule has 1 heterocycles. The second kappa shape index (κ2) is 4.23. The Balaban J connectivity index is 2.53. The number of aliphatic hydroxyl groups excluding tert-OH is 1. The topological polar surface area (TPSA) is 72.3 Å². The molecule has 0 bridgehead atoms. The van der Waals surface area contributed by atoms with Gasteiger partial charge in [-0.3, -0.25) is 0 Å². The molecule has 1 aromatic heterocycles. The maximum Gasteiger partial charge on any atom is 0.180 e. The monoisotopic (exact) mass is 170 g/mol. The molecule has 0 radical (unpaired) electrons. The van der Waals surface area contributed by atoms with E-state index in [-0.39, 0.29) is 6.04 Å². The summed E-state index contributed by atoms with van der Waals surface area (Å²) in [4.78, 5) is 3.70. The number of hydrogen-bond donors (Lipinski definition) is 2. The summed E-state index contributed by atoms with van der Waals surface area (Å²) in [5.74, 6) is 0.441. The van der Waals surface area contributed by atoms with Crippen LogP contribution >= 0.6 is 0 Å². The van der Waals surface area contributed by atoms with Crippen LogP contribution in [0.3, 0.4) is 0 Å². The highest BCUT2D eigenvalue weighted by molar-refractivity contribution is 4.97. The molecule has 1 aromatic rings. The largest absolute Gasteiger partial charge is 0.446 e. The van der Waals surface area contributed by atoms with Crippen molar-refractivity contribution in [3.05, 3.63) is 18.4 Å². The zero-order valence-electron chi connectivity index (χ0n) is 7.10. The van der Waals surface area contributed by atoms with E-state index < -0.39 is 6.10 Å². The van der Waals surface area contributed by atoms with E-state index in [1.165, 1.54) is 12.6 Å². The summed E-state index contributed by atoms with van der Waals surface area (Å²) in [6.07, 6.45) is 3.78. The van der Waals surface area contributed by atoms with Crippen LogP contribution in [0.4, 0.5) is 0 Å². The van der Waals surface area contributed by atoms with Gasteiger partial charge in [-0.25, -0.2) is 4.98 Å². The van der Waals surface area contributed by atoms with E-state index in [1.807, 2.05) is 6.92 Å². The molecule has 0 aliphatic carbocycles. The number of nitrogens with zero attached hydrogens (tertiary/aromatic N) is 1. The van der Waals surface area contributed by atoms with E-state index in [0.29, 0.717) is 5.76 Å². The van der Waals surface area contributed by atoms with Crippen LogP contribution in [0, 0.1) is 0 Å². The van der Waals surface area contributed by atoms with Crippen molar-refractivity contribution in [3.8, 4) is 0 Å². The molecule has 0 saturated heterocycles. The third kappa shape index (κ3) is 2.06. The van der Waals surface area contributed by atoms with Crippen molar-refractivity contribution in [2.75, 3.05) is 0 Å². The first-order valence-corrected chi connectivity index (χ1v) is 4.07. The van der Waals surface area contributed by atoms with Crippen LogP contribution in [0.5, 0.6) is 0 Å². The van der Waals surface area contributed by atoms with Gasteiger partial charge in [-0.1, -0.05) is 13.3 Å². The summed E-state index contributed by atoms with van der Waals surface area (Å²) < 4.78 is 4.92. The molecule has 0 aromatic carbocycles. The highest BCUT2D eigenvalue weighted by atomic mass is 16.4. The maximum absolute atomic E-state index is 9.55. The summed E-state index contributed by atoms with van der Waals surface area (Å²) in [7, 11) is 0. The lowest BCUT2D eigenvalue weighted by molar-refractivity contribution is 0.117. The predicted octanol–water partition coefficient (Wildman–Crippen LogP) is 0.835. The minimum absolute atomic E-state index is 0.261. The lowest BCUT2D eigenvalue weighted by Gasteiger charge is -2.14. The normalized spacial score (nSPS) is 15.9. The molecule has 12 heavy (non-hydrogen) atoms. The van der Waals surface area contributed by atoms with Crippen molar-refractivity contribution in [3.63, 3.8) is 0 Å². The van der Waals surface area contributed by atoms with Crippen LogP contribution in [0.25, 0.3) is 0 Å². The fourth-order valence-electron chi connectivity index (χ4n) is 1.07. The average Bonchev–Trinajstić information content (AvgIpc) is 2.55. The van der Waals surface area contributed by atoms with Crippen LogP contribution in [-0.2, 0) is 0 Å². The van der Waals surface area contributed by atoms with Gasteiger partial charge in [0, 0.05) is 6.04 Å². The van der Waals surface area contributed by atoms with Gasteiger partial charge in [-0.2, -0.15) is 0 Å². The van der Waals surface area contributed by atoms with E-state index in [9.17, 15) is 5.11 Å². The Bertz CT molecular complexity index is 211. The number of aliphatic hydroxyl groups is 1. The fraction of sp³-hybridized carbons (Fsp3) is 0.625. The van der Waals surface area contributed by atoms with Gasteiger partial charge in [0.2, 0.25) is 0 Å². The molecule has 2 atom stereocenters. The molecule has 0 spiro atoms. The van der Waals surface area contributed by atoms with Crippen molar-refractivity contribution < 1.29 is 9.52 Å². The van der Waals surface area contributed by atoms with Crippen LogP contribution in [0.2, 0.25) is 0 Å². The predicted molar refractivity (Wildman–Crippen MR) is 44.3 cm³/mol. The molecule has 1 rings (SSSR count). The van der Waals surface area contributed by atoms with Gasteiger partial charge in [0.1, 0.15) is 6.10 Å². The number of oxazole rings is 1.